The number of carbonyl (C=O) groups is 1. The van der Waals surface area contributed by atoms with Gasteiger partial charge < -0.3 is 14.2 Å². The van der Waals surface area contributed by atoms with Crippen LogP contribution in [0.4, 0.5) is 13.2 Å². The summed E-state index contributed by atoms with van der Waals surface area (Å²) >= 11 is 0.204. The van der Waals surface area contributed by atoms with Gasteiger partial charge >= 0.3 is 6.18 Å². The standard InChI is InChI=1S/C27H27F3N4O4S/c1-5-36-22-14-17(13-19-23(31)34-26(32-24(19)35)39-25(33-34)27(28,29)30)7-9-20(22)37-10-11-38-21-12-16(4)6-8-18(21)15(2)3/h6-9,12-15,31H,5,10-11H2,1-4H3. The lowest BCUT2D eigenvalue weighted by atomic mass is 10.0. The number of fused-ring (bicyclic) bond motifs is 1. The van der Waals surface area contributed by atoms with Crippen molar-refractivity contribution in [2.45, 2.75) is 39.8 Å². The topological polar surface area (TPSA) is 96.6 Å². The largest absolute Gasteiger partial charge is 0.490 e. The number of ether oxygens (including phenoxy) is 3. The minimum atomic E-state index is -4.71. The summed E-state index contributed by atoms with van der Waals surface area (Å²) in [6.45, 7) is 8.91. The van der Waals surface area contributed by atoms with Gasteiger partial charge in [0.05, 0.1) is 12.2 Å². The molecule has 0 bridgehead atoms. The summed E-state index contributed by atoms with van der Waals surface area (Å²) in [5, 5.41) is 10.9. The smallest absolute Gasteiger partial charge is 0.441 e. The molecule has 0 unspecified atom stereocenters. The van der Waals surface area contributed by atoms with E-state index in [-0.39, 0.29) is 29.1 Å². The van der Waals surface area contributed by atoms with E-state index in [9.17, 15) is 18.0 Å². The molecule has 0 radical (unpaired) electrons. The van der Waals surface area contributed by atoms with E-state index in [1.54, 1.807) is 25.1 Å². The molecular formula is C27H27F3N4O4S. The van der Waals surface area contributed by atoms with E-state index in [2.05, 4.69) is 36.1 Å². The van der Waals surface area contributed by atoms with Gasteiger partial charge in [-0.3, -0.25) is 10.2 Å². The Balaban J connectivity index is 1.48. The van der Waals surface area contributed by atoms with Gasteiger partial charge in [-0.1, -0.05) is 32.0 Å². The lowest BCUT2D eigenvalue weighted by Gasteiger charge is -2.20. The quantitative estimate of drug-likeness (QED) is 0.292. The summed E-state index contributed by atoms with van der Waals surface area (Å²) in [4.78, 5) is 16.2. The molecule has 4 rings (SSSR count). The maximum absolute atomic E-state index is 13.0. The van der Waals surface area contributed by atoms with Crippen LogP contribution < -0.4 is 14.2 Å². The minimum absolute atomic E-state index is 0.199. The minimum Gasteiger partial charge on any atom is -0.490 e. The van der Waals surface area contributed by atoms with E-state index in [4.69, 9.17) is 19.6 Å². The van der Waals surface area contributed by atoms with Gasteiger partial charge in [0.2, 0.25) is 10.2 Å². The molecule has 0 aliphatic carbocycles. The number of hydrogen-bond acceptors (Lipinski definition) is 7. The first-order valence-corrected chi connectivity index (χ1v) is 13.0. The molecule has 1 N–H and O–H groups in total. The summed E-state index contributed by atoms with van der Waals surface area (Å²) < 4.78 is 56.7. The number of rotatable bonds is 9. The number of nitrogens with one attached hydrogen (secondary N) is 1. The van der Waals surface area contributed by atoms with Gasteiger partial charge in [-0.15, -0.1) is 0 Å². The van der Waals surface area contributed by atoms with Crippen LogP contribution in [-0.4, -0.2) is 53.0 Å². The fourth-order valence-corrected chi connectivity index (χ4v) is 4.58. The molecule has 0 saturated heterocycles. The summed E-state index contributed by atoms with van der Waals surface area (Å²) in [7, 11) is 0. The van der Waals surface area contributed by atoms with E-state index in [0.717, 1.165) is 16.9 Å². The van der Waals surface area contributed by atoms with Crippen molar-refractivity contribution in [3.63, 3.8) is 0 Å². The molecule has 0 spiro atoms. The number of aliphatic imine (C=N–C) groups is 1. The molecule has 0 aromatic heterocycles. The third-order valence-corrected chi connectivity index (χ3v) is 6.62. The number of carbonyl (C=O) groups excluding carboxylic acids is 1. The third kappa shape index (κ3) is 6.44. The number of hydrazone groups is 1. The number of halogens is 3. The molecule has 2 heterocycles. The molecule has 2 aliphatic heterocycles. The van der Waals surface area contributed by atoms with Crippen molar-refractivity contribution < 1.29 is 32.2 Å². The van der Waals surface area contributed by atoms with Crippen molar-refractivity contribution in [2.24, 2.45) is 10.1 Å². The van der Waals surface area contributed by atoms with Gasteiger partial charge in [0.25, 0.3) is 5.91 Å². The average Bonchev–Trinajstić information content (AvgIpc) is 3.30. The number of hydrogen-bond donors (Lipinski definition) is 1. The van der Waals surface area contributed by atoms with Crippen LogP contribution in [0, 0.1) is 12.3 Å². The SMILES string of the molecule is CCOc1cc(C=C2C(=N)N3N=C(C(F)(F)F)SC3=NC2=O)ccc1OCCOc1cc(C)ccc1C(C)C. The molecule has 39 heavy (non-hydrogen) atoms. The van der Waals surface area contributed by atoms with E-state index in [1.165, 1.54) is 6.08 Å². The highest BCUT2D eigenvalue weighted by molar-refractivity contribution is 8.27. The second-order valence-electron chi connectivity index (χ2n) is 8.96. The van der Waals surface area contributed by atoms with Crippen LogP contribution in [-0.2, 0) is 4.79 Å². The number of nitrogens with zero attached hydrogens (tertiary/aromatic N) is 3. The maximum Gasteiger partial charge on any atom is 0.441 e. The number of amidine groups is 2. The van der Waals surface area contributed by atoms with Crippen LogP contribution in [0.1, 0.15) is 43.4 Å². The summed E-state index contributed by atoms with van der Waals surface area (Å²) in [6.07, 6.45) is -3.35. The molecule has 2 aromatic carbocycles. The van der Waals surface area contributed by atoms with Crippen LogP contribution in [0.15, 0.2) is 52.1 Å². The lowest BCUT2D eigenvalue weighted by Crippen LogP contribution is -2.35. The Kier molecular flexibility index (Phi) is 8.34. The highest BCUT2D eigenvalue weighted by Crippen LogP contribution is 2.36. The first-order chi connectivity index (χ1) is 18.5. The zero-order valence-corrected chi connectivity index (χ0v) is 22.6. The molecule has 0 fully saturated rings. The fourth-order valence-electron chi connectivity index (χ4n) is 3.82. The lowest BCUT2D eigenvalue weighted by molar-refractivity contribution is -0.114. The van der Waals surface area contributed by atoms with Crippen LogP contribution in [0.5, 0.6) is 17.2 Å². The Morgan fingerprint density at radius 1 is 1.05 bits per heavy atom. The first-order valence-electron chi connectivity index (χ1n) is 12.2. The molecule has 8 nitrogen and oxygen atoms in total. The van der Waals surface area contributed by atoms with Gasteiger partial charge in [-0.25, -0.2) is 0 Å². The second kappa shape index (κ2) is 11.5. The van der Waals surface area contributed by atoms with Crippen LogP contribution in [0.3, 0.4) is 0 Å². The van der Waals surface area contributed by atoms with Crippen LogP contribution >= 0.6 is 11.8 Å². The van der Waals surface area contributed by atoms with Crippen molar-refractivity contribution in [3.05, 3.63) is 58.7 Å². The number of benzene rings is 2. The molecule has 12 heteroatoms. The van der Waals surface area contributed by atoms with Gasteiger partial charge in [-0.2, -0.15) is 28.3 Å². The summed E-state index contributed by atoms with van der Waals surface area (Å²) in [6, 6.07) is 11.0. The highest BCUT2D eigenvalue weighted by Gasteiger charge is 2.46. The van der Waals surface area contributed by atoms with Crippen molar-refractivity contribution in [1.29, 1.82) is 5.41 Å². The molecular weight excluding hydrogens is 533 g/mol. The predicted octanol–water partition coefficient (Wildman–Crippen LogP) is 6.16. The molecule has 0 atom stereocenters. The second-order valence-corrected chi connectivity index (χ2v) is 9.91. The summed E-state index contributed by atoms with van der Waals surface area (Å²) in [5.74, 6) is 0.656. The van der Waals surface area contributed by atoms with E-state index in [1.807, 2.05) is 13.0 Å². The monoisotopic (exact) mass is 560 g/mol. The van der Waals surface area contributed by atoms with Gasteiger partial charge in [0.15, 0.2) is 17.3 Å². The van der Waals surface area contributed by atoms with Gasteiger partial charge in [0.1, 0.15) is 19.0 Å². The van der Waals surface area contributed by atoms with E-state index < -0.39 is 23.0 Å². The molecule has 2 aliphatic rings. The number of alkyl halides is 3. The zero-order chi connectivity index (χ0) is 28.3. The third-order valence-electron chi connectivity index (χ3n) is 5.67. The maximum atomic E-state index is 13.0. The van der Waals surface area contributed by atoms with E-state index in [0.29, 0.717) is 41.2 Å². The Hall–Kier alpha value is -3.80. The highest BCUT2D eigenvalue weighted by atomic mass is 32.2. The van der Waals surface area contributed by atoms with Crippen molar-refractivity contribution >= 4 is 39.8 Å². The van der Waals surface area contributed by atoms with Gasteiger partial charge in [0, 0.05) is 0 Å². The fraction of sp³-hybridized carbons (Fsp3) is 0.333. The Bertz CT molecular complexity index is 1390. The summed E-state index contributed by atoms with van der Waals surface area (Å²) in [5.41, 5.74) is 2.48. The van der Waals surface area contributed by atoms with Gasteiger partial charge in [-0.05, 0) is 72.5 Å². The number of amides is 1. The average molecular weight is 561 g/mol. The molecule has 0 saturated carbocycles. The Morgan fingerprint density at radius 2 is 1.77 bits per heavy atom. The van der Waals surface area contributed by atoms with Crippen molar-refractivity contribution in [2.75, 3.05) is 19.8 Å². The van der Waals surface area contributed by atoms with Crippen LogP contribution in [0.25, 0.3) is 6.08 Å². The molecule has 206 valence electrons. The van der Waals surface area contributed by atoms with Crippen molar-refractivity contribution in [3.8, 4) is 17.2 Å². The predicted molar refractivity (Wildman–Crippen MR) is 145 cm³/mol. The Morgan fingerprint density at radius 3 is 2.44 bits per heavy atom. The van der Waals surface area contributed by atoms with Crippen molar-refractivity contribution in [1.82, 2.24) is 5.01 Å². The number of thioether (sulfide) groups is 1. The Labute approximate surface area is 228 Å². The van der Waals surface area contributed by atoms with Crippen LogP contribution in [0.2, 0.25) is 0 Å². The zero-order valence-electron chi connectivity index (χ0n) is 21.8. The normalized spacial score (nSPS) is 16.4. The molecule has 1 amide bonds. The molecule has 2 aromatic rings. The number of aryl methyl sites for hydroxylation is 1. The first kappa shape index (κ1) is 28.2. The van der Waals surface area contributed by atoms with E-state index >= 15 is 0 Å².